The van der Waals surface area contributed by atoms with Crippen LogP contribution in [0, 0.1) is 0 Å². The summed E-state index contributed by atoms with van der Waals surface area (Å²) in [4.78, 5) is 6.68. The molecule has 0 saturated heterocycles. The van der Waals surface area contributed by atoms with Gasteiger partial charge in [0.1, 0.15) is 5.84 Å². The molecule has 2 heterocycles. The Balaban J connectivity index is 2.02. The van der Waals surface area contributed by atoms with Crippen molar-refractivity contribution in [2.45, 2.75) is 5.38 Å². The molecule has 2 aromatic carbocycles. The van der Waals surface area contributed by atoms with Gasteiger partial charge in [0.05, 0.1) is 11.4 Å². The largest absolute Gasteiger partial charge is 0.365 e. The van der Waals surface area contributed by atoms with Gasteiger partial charge in [0.25, 0.3) is 0 Å². The summed E-state index contributed by atoms with van der Waals surface area (Å²) in [6.07, 6.45) is 0. The molecule has 120 valence electrons. The molecule has 6 heteroatoms. The van der Waals surface area contributed by atoms with Gasteiger partial charge in [-0.3, -0.25) is 4.57 Å². The van der Waals surface area contributed by atoms with Gasteiger partial charge in [0, 0.05) is 19.7 Å². The normalized spacial score (nSPS) is 16.0. The summed E-state index contributed by atoms with van der Waals surface area (Å²) in [7, 11) is 3.86. The number of alkyl halides is 1. The maximum absolute atomic E-state index is 6.71. The predicted octanol–water partition coefficient (Wildman–Crippen LogP) is 3.82. The Morgan fingerprint density at radius 2 is 1.67 bits per heavy atom. The van der Waals surface area contributed by atoms with Crippen LogP contribution in [-0.4, -0.2) is 39.6 Å². The Labute approximate surface area is 145 Å². The van der Waals surface area contributed by atoms with Crippen LogP contribution in [0.4, 0.5) is 5.69 Å². The van der Waals surface area contributed by atoms with E-state index in [-0.39, 0.29) is 0 Å². The first-order valence-corrected chi connectivity index (χ1v) is 8.10. The monoisotopic (exact) mass is 337 g/mol. The third kappa shape index (κ3) is 2.29. The Morgan fingerprint density at radius 3 is 2.42 bits per heavy atom. The molecule has 0 aliphatic carbocycles. The molecule has 1 atom stereocenters. The van der Waals surface area contributed by atoms with E-state index in [1.165, 1.54) is 0 Å². The summed E-state index contributed by atoms with van der Waals surface area (Å²) in [6.45, 7) is 0. The highest BCUT2D eigenvalue weighted by Crippen LogP contribution is 2.37. The second-order valence-electron chi connectivity index (χ2n) is 5.80. The topological polar surface area (TPSA) is 46.3 Å². The highest BCUT2D eigenvalue weighted by atomic mass is 35.5. The lowest BCUT2D eigenvalue weighted by Crippen LogP contribution is -2.26. The Morgan fingerprint density at radius 1 is 0.958 bits per heavy atom. The van der Waals surface area contributed by atoms with E-state index in [4.69, 9.17) is 16.6 Å². The van der Waals surface area contributed by atoms with Crippen LogP contribution in [0.25, 0.3) is 17.1 Å². The lowest BCUT2D eigenvalue weighted by Gasteiger charge is -2.18. The van der Waals surface area contributed by atoms with E-state index in [1.54, 1.807) is 0 Å². The Bertz CT molecular complexity index is 914. The summed E-state index contributed by atoms with van der Waals surface area (Å²) in [6, 6.07) is 17.9. The summed E-state index contributed by atoms with van der Waals surface area (Å²) in [5, 5.41) is 8.31. The number of aromatic nitrogens is 3. The summed E-state index contributed by atoms with van der Waals surface area (Å²) in [5.41, 5.74) is 2.77. The molecule has 1 aliphatic rings. The molecular formula is C18H16ClN5. The zero-order valence-electron chi connectivity index (χ0n) is 13.4. The van der Waals surface area contributed by atoms with Crippen molar-refractivity contribution in [3.8, 4) is 17.1 Å². The molecule has 0 fully saturated rings. The van der Waals surface area contributed by atoms with Crippen LogP contribution >= 0.6 is 11.6 Å². The molecule has 0 saturated carbocycles. The molecule has 0 spiro atoms. The van der Waals surface area contributed by atoms with Crippen LogP contribution in [-0.2, 0) is 0 Å². The van der Waals surface area contributed by atoms with Crippen molar-refractivity contribution in [1.29, 1.82) is 0 Å². The van der Waals surface area contributed by atoms with E-state index in [0.717, 1.165) is 28.6 Å². The number of hydrogen-bond donors (Lipinski definition) is 0. The third-order valence-corrected chi connectivity index (χ3v) is 4.38. The average molecular weight is 338 g/mol. The van der Waals surface area contributed by atoms with Crippen molar-refractivity contribution in [3.63, 3.8) is 0 Å². The molecule has 24 heavy (non-hydrogen) atoms. The van der Waals surface area contributed by atoms with Crippen molar-refractivity contribution in [2.24, 2.45) is 4.99 Å². The highest BCUT2D eigenvalue weighted by molar-refractivity contribution is 6.31. The van der Waals surface area contributed by atoms with Crippen LogP contribution in [0.1, 0.15) is 11.2 Å². The van der Waals surface area contributed by atoms with E-state index in [0.29, 0.717) is 5.82 Å². The summed E-state index contributed by atoms with van der Waals surface area (Å²) >= 11 is 6.71. The van der Waals surface area contributed by atoms with Gasteiger partial charge in [-0.05, 0) is 12.1 Å². The standard InChI is InChI=1S/C18H16ClN5/c1-23(2)17-15(19)18-22-21-16(12-8-4-3-5-9-12)24(18)14-11-7-6-10-13(14)20-17/h3-11,15H,1-2H3. The van der Waals surface area contributed by atoms with E-state index < -0.39 is 5.38 Å². The SMILES string of the molecule is CN(C)C1=Nc2ccccc2-n2c(-c3ccccc3)nnc2C1Cl. The number of likely N-dealkylation sites (N-methyl/N-ethyl adjacent to an activating group) is 1. The fourth-order valence-electron chi connectivity index (χ4n) is 2.84. The minimum absolute atomic E-state index is 0.475. The van der Waals surface area contributed by atoms with E-state index in [2.05, 4.69) is 10.2 Å². The van der Waals surface area contributed by atoms with Gasteiger partial charge in [-0.1, -0.05) is 42.5 Å². The summed E-state index contributed by atoms with van der Waals surface area (Å²) in [5.74, 6) is 2.18. The zero-order valence-corrected chi connectivity index (χ0v) is 14.1. The Kier molecular flexibility index (Phi) is 3.58. The van der Waals surface area contributed by atoms with Gasteiger partial charge in [0.15, 0.2) is 17.0 Å². The predicted molar refractivity (Wildman–Crippen MR) is 96.2 cm³/mol. The smallest absolute Gasteiger partial charge is 0.168 e. The highest BCUT2D eigenvalue weighted by Gasteiger charge is 2.30. The maximum atomic E-state index is 6.71. The number of aliphatic imine (C=N–C) groups is 1. The van der Waals surface area contributed by atoms with E-state index >= 15 is 0 Å². The number of para-hydroxylation sites is 2. The molecule has 1 aliphatic heterocycles. The van der Waals surface area contributed by atoms with Crippen LogP contribution in [0.3, 0.4) is 0 Å². The minimum Gasteiger partial charge on any atom is -0.365 e. The first kappa shape index (κ1) is 14.9. The van der Waals surface area contributed by atoms with Crippen LogP contribution in [0.2, 0.25) is 0 Å². The van der Waals surface area contributed by atoms with Gasteiger partial charge in [-0.15, -0.1) is 21.8 Å². The van der Waals surface area contributed by atoms with Crippen molar-refractivity contribution in [3.05, 3.63) is 60.4 Å². The molecule has 5 nitrogen and oxygen atoms in total. The fraction of sp³-hybridized carbons (Fsp3) is 0.167. The van der Waals surface area contributed by atoms with Crippen molar-refractivity contribution in [2.75, 3.05) is 14.1 Å². The number of fused-ring (bicyclic) bond motifs is 3. The zero-order chi connectivity index (χ0) is 16.7. The van der Waals surface area contributed by atoms with Gasteiger partial charge in [-0.2, -0.15) is 0 Å². The molecule has 0 bridgehead atoms. The van der Waals surface area contributed by atoms with Crippen LogP contribution in [0.5, 0.6) is 0 Å². The molecule has 3 aromatic rings. The second-order valence-corrected chi connectivity index (χ2v) is 6.24. The first-order valence-electron chi connectivity index (χ1n) is 7.67. The number of rotatable bonds is 1. The van der Waals surface area contributed by atoms with Gasteiger partial charge in [-0.25, -0.2) is 4.99 Å². The van der Waals surface area contributed by atoms with Gasteiger partial charge < -0.3 is 4.90 Å². The average Bonchev–Trinajstić information content (AvgIpc) is 3.00. The number of nitrogens with zero attached hydrogens (tertiary/aromatic N) is 5. The Hall–Kier alpha value is -2.66. The number of hydrogen-bond acceptors (Lipinski definition) is 4. The molecule has 1 unspecified atom stereocenters. The molecule has 4 rings (SSSR count). The van der Waals surface area contributed by atoms with Crippen LogP contribution in [0.15, 0.2) is 59.6 Å². The molecule has 1 aromatic heterocycles. The van der Waals surface area contributed by atoms with Crippen molar-refractivity contribution in [1.82, 2.24) is 19.7 Å². The molecule has 0 amide bonds. The first-order chi connectivity index (χ1) is 11.7. The van der Waals surface area contributed by atoms with E-state index in [1.807, 2.05) is 78.2 Å². The third-order valence-electron chi connectivity index (χ3n) is 3.99. The number of benzene rings is 2. The minimum atomic E-state index is -0.475. The molecule has 0 radical (unpaired) electrons. The maximum Gasteiger partial charge on any atom is 0.168 e. The second kappa shape index (κ2) is 5.76. The quantitative estimate of drug-likeness (QED) is 0.634. The van der Waals surface area contributed by atoms with Gasteiger partial charge in [0.2, 0.25) is 0 Å². The van der Waals surface area contributed by atoms with E-state index in [9.17, 15) is 0 Å². The lowest BCUT2D eigenvalue weighted by molar-refractivity contribution is 0.604. The molecule has 0 N–H and O–H groups in total. The number of halogens is 1. The molecular weight excluding hydrogens is 322 g/mol. The van der Waals surface area contributed by atoms with Crippen LogP contribution < -0.4 is 0 Å². The van der Waals surface area contributed by atoms with Gasteiger partial charge >= 0.3 is 0 Å². The van der Waals surface area contributed by atoms with Crippen molar-refractivity contribution < 1.29 is 0 Å². The lowest BCUT2D eigenvalue weighted by atomic mass is 10.2. The van der Waals surface area contributed by atoms with Crippen molar-refractivity contribution >= 4 is 23.1 Å². The fourth-order valence-corrected chi connectivity index (χ4v) is 3.23. The summed E-state index contributed by atoms with van der Waals surface area (Å²) < 4.78 is 2.00. The number of amidine groups is 1.